The Morgan fingerprint density at radius 2 is 1.00 bits per heavy atom. The Kier molecular flexibility index (Phi) is 5.68. The smallest absolute Gasteiger partial charge is 0.164 e. The fraction of sp³-hybridized carbons (Fsp3) is 0. The Bertz CT molecular complexity index is 272. The summed E-state index contributed by atoms with van der Waals surface area (Å²) in [5.41, 5.74) is 0. The molecule has 1 rings (SSSR count). The molecule has 0 aliphatic carbocycles. The minimum atomic E-state index is 0. The van der Waals surface area contributed by atoms with Crippen LogP contribution in [0.2, 0.25) is 25.1 Å². The molecule has 0 nitrogen and oxygen atoms in total. The molecule has 1 aromatic rings. The van der Waals surface area contributed by atoms with Crippen molar-refractivity contribution >= 4 is 58.0 Å². The molecule has 0 heterocycles. The van der Waals surface area contributed by atoms with Crippen molar-refractivity contribution in [2.24, 2.45) is 0 Å². The molecule has 0 N–H and O–H groups in total. The third kappa shape index (κ3) is 2.59. The van der Waals surface area contributed by atoms with Gasteiger partial charge in [0.2, 0.25) is 0 Å². The first kappa shape index (κ1) is 13.2. The van der Waals surface area contributed by atoms with E-state index in [1.807, 2.05) is 0 Å². The molecule has 0 saturated carbocycles. The van der Waals surface area contributed by atoms with E-state index in [-0.39, 0.29) is 42.2 Å². The fourth-order valence-corrected chi connectivity index (χ4v) is 1.54. The van der Waals surface area contributed by atoms with E-state index in [2.05, 4.69) is 6.07 Å². The molecule has 0 spiro atoms. The van der Waals surface area contributed by atoms with Crippen molar-refractivity contribution in [3.8, 4) is 0 Å². The molecule has 0 radical (unpaired) electrons. The second-order valence-electron chi connectivity index (χ2n) is 1.69. The van der Waals surface area contributed by atoms with Crippen LogP contribution in [-0.2, 0) is 17.1 Å². The van der Waals surface area contributed by atoms with Gasteiger partial charge in [-0.15, -0.1) is 40.9 Å². The first-order valence-electron chi connectivity index (χ1n) is 2.44. The Labute approximate surface area is 106 Å². The molecule has 6 heteroatoms. The quantitative estimate of drug-likeness (QED) is 0.281. The van der Waals surface area contributed by atoms with Gasteiger partial charge in [-0.25, -0.2) is 0 Å². The molecule has 0 fully saturated rings. The van der Waals surface area contributed by atoms with E-state index in [1.54, 1.807) is 0 Å². The van der Waals surface area contributed by atoms with Gasteiger partial charge in [-0.3, -0.25) is 0 Å². The van der Waals surface area contributed by atoms with Crippen molar-refractivity contribution in [3.05, 3.63) is 31.2 Å². The van der Waals surface area contributed by atoms with Gasteiger partial charge < -0.3 is 0 Å². The third-order valence-corrected chi connectivity index (χ3v) is 3.08. The van der Waals surface area contributed by atoms with Gasteiger partial charge in [0, 0.05) is 0 Å². The zero-order valence-corrected chi connectivity index (χ0v) is 9.91. The summed E-state index contributed by atoms with van der Waals surface area (Å²) >= 11 is 28.0. The van der Waals surface area contributed by atoms with Crippen LogP contribution in [0.15, 0.2) is 0 Å². The van der Waals surface area contributed by atoms with Crippen LogP contribution in [0.25, 0.3) is 0 Å². The molecule has 0 aliphatic heterocycles. The maximum Gasteiger partial charge on any atom is 1.00 e. The molecule has 0 amide bonds. The topological polar surface area (TPSA) is 0 Å². The summed E-state index contributed by atoms with van der Waals surface area (Å²) in [7, 11) is 0. The SMILES string of the molecule is Clc1[c-]c(Cl)c(Cl)c(Cl)c1Cl.[Cu+]. The molecule has 0 aromatic heterocycles. The minimum absolute atomic E-state index is 0. The third-order valence-electron chi connectivity index (χ3n) is 0.990. The number of halogens is 5. The van der Waals surface area contributed by atoms with Gasteiger partial charge in [0.25, 0.3) is 0 Å². The number of benzene rings is 1. The van der Waals surface area contributed by atoms with Gasteiger partial charge in [-0.2, -0.15) is 23.2 Å². The minimum Gasteiger partial charge on any atom is -0.164 e. The number of hydrogen-bond donors (Lipinski definition) is 0. The summed E-state index contributed by atoms with van der Waals surface area (Å²) in [6, 6.07) is 2.53. The summed E-state index contributed by atoms with van der Waals surface area (Å²) in [4.78, 5) is 0. The normalized spacial score (nSPS) is 9.42. The van der Waals surface area contributed by atoms with Crippen LogP contribution in [-0.4, -0.2) is 0 Å². The molecule has 1 aromatic carbocycles. The van der Waals surface area contributed by atoms with Gasteiger partial charge in [0.1, 0.15) is 0 Å². The van der Waals surface area contributed by atoms with Crippen molar-refractivity contribution in [3.63, 3.8) is 0 Å². The van der Waals surface area contributed by atoms with Crippen LogP contribution in [0.1, 0.15) is 0 Å². The van der Waals surface area contributed by atoms with Crippen molar-refractivity contribution in [1.82, 2.24) is 0 Å². The Morgan fingerprint density at radius 1 is 0.667 bits per heavy atom. The Hall–Kier alpha value is 1.19. The average molecular weight is 313 g/mol. The standard InChI is InChI=1S/C6Cl5.Cu/c7-2-1-3(8)5(10)6(11)4(2)9;/q-1;+1. The van der Waals surface area contributed by atoms with Crippen molar-refractivity contribution in [2.75, 3.05) is 0 Å². The Morgan fingerprint density at radius 3 is 1.33 bits per heavy atom. The molecule has 70 valence electrons. The zero-order valence-electron chi connectivity index (χ0n) is 5.19. The van der Waals surface area contributed by atoms with E-state index >= 15 is 0 Å². The first-order chi connectivity index (χ1) is 5.04. The second kappa shape index (κ2) is 5.17. The van der Waals surface area contributed by atoms with E-state index in [0.29, 0.717) is 0 Å². The number of rotatable bonds is 0. The van der Waals surface area contributed by atoms with Crippen LogP contribution in [0.3, 0.4) is 0 Å². The molecular weight excluding hydrogens is 313 g/mol. The molecular formula is C6Cl5Cu. The molecule has 0 saturated heterocycles. The summed E-state index contributed by atoms with van der Waals surface area (Å²) < 4.78 is 0. The molecule has 0 bridgehead atoms. The summed E-state index contributed by atoms with van der Waals surface area (Å²) in [5.74, 6) is 0. The van der Waals surface area contributed by atoms with E-state index in [4.69, 9.17) is 58.0 Å². The molecule has 12 heavy (non-hydrogen) atoms. The summed E-state index contributed by atoms with van der Waals surface area (Å²) in [6.45, 7) is 0. The van der Waals surface area contributed by atoms with Crippen LogP contribution in [0.5, 0.6) is 0 Å². The second-order valence-corrected chi connectivity index (χ2v) is 3.58. The zero-order chi connectivity index (χ0) is 8.59. The average Bonchev–Trinajstić information content (AvgIpc) is 1.97. The van der Waals surface area contributed by atoms with Crippen molar-refractivity contribution in [1.29, 1.82) is 0 Å². The molecule has 0 unspecified atom stereocenters. The first-order valence-corrected chi connectivity index (χ1v) is 4.33. The van der Waals surface area contributed by atoms with Crippen LogP contribution >= 0.6 is 58.0 Å². The van der Waals surface area contributed by atoms with E-state index < -0.39 is 0 Å². The molecule has 0 aliphatic rings. The van der Waals surface area contributed by atoms with Gasteiger partial charge in [0.15, 0.2) is 0 Å². The van der Waals surface area contributed by atoms with Crippen molar-refractivity contribution < 1.29 is 17.1 Å². The Balaban J connectivity index is 0.00000121. The summed E-state index contributed by atoms with van der Waals surface area (Å²) in [5, 5.41) is 0.838. The maximum absolute atomic E-state index is 5.64. The van der Waals surface area contributed by atoms with E-state index in [0.717, 1.165) is 0 Å². The van der Waals surface area contributed by atoms with Gasteiger partial charge in [-0.05, 0) is 15.1 Å². The molecule has 0 atom stereocenters. The predicted molar refractivity (Wildman–Crippen MR) is 50.3 cm³/mol. The van der Waals surface area contributed by atoms with Crippen LogP contribution in [0.4, 0.5) is 0 Å². The van der Waals surface area contributed by atoms with Gasteiger partial charge in [-0.1, -0.05) is 10.0 Å². The maximum atomic E-state index is 5.64. The summed E-state index contributed by atoms with van der Waals surface area (Å²) in [6.07, 6.45) is 0. The largest absolute Gasteiger partial charge is 1.00 e. The van der Waals surface area contributed by atoms with E-state index in [1.165, 1.54) is 0 Å². The van der Waals surface area contributed by atoms with Crippen molar-refractivity contribution in [2.45, 2.75) is 0 Å². The van der Waals surface area contributed by atoms with Gasteiger partial charge >= 0.3 is 17.1 Å². The fourth-order valence-electron chi connectivity index (χ4n) is 0.495. The monoisotopic (exact) mass is 310 g/mol. The van der Waals surface area contributed by atoms with Crippen LogP contribution < -0.4 is 0 Å². The van der Waals surface area contributed by atoms with Gasteiger partial charge in [0.05, 0.1) is 0 Å². The van der Waals surface area contributed by atoms with E-state index in [9.17, 15) is 0 Å². The predicted octanol–water partition coefficient (Wildman–Crippen LogP) is 4.75. The van der Waals surface area contributed by atoms with Crippen LogP contribution in [0, 0.1) is 6.07 Å². The number of hydrogen-bond acceptors (Lipinski definition) is 0.